The topological polar surface area (TPSA) is 72.2 Å². The molecule has 2 aromatic carbocycles. The van der Waals surface area contributed by atoms with E-state index in [4.69, 9.17) is 40.5 Å². The molecule has 1 amide bonds. The Balaban J connectivity index is 0.00000264. The van der Waals surface area contributed by atoms with E-state index in [0.29, 0.717) is 10.7 Å². The number of hydrogen-bond acceptors (Lipinski definition) is 3. The third kappa shape index (κ3) is 4.59. The molecule has 0 aliphatic heterocycles. The fourth-order valence-corrected chi connectivity index (χ4v) is 2.61. The van der Waals surface area contributed by atoms with Gasteiger partial charge in [0.2, 0.25) is 5.91 Å². The lowest BCUT2D eigenvalue weighted by atomic mass is 10.0. The van der Waals surface area contributed by atoms with Gasteiger partial charge in [-0.15, -0.1) is 12.4 Å². The Morgan fingerprint density at radius 2 is 1.65 bits per heavy atom. The molecule has 23 heavy (non-hydrogen) atoms. The van der Waals surface area contributed by atoms with E-state index in [9.17, 15) is 9.59 Å². The molecule has 2 rings (SSSR count). The number of carbonyl (C=O) groups excluding carboxylic acids is 2. The van der Waals surface area contributed by atoms with Crippen LogP contribution in [0.1, 0.15) is 15.9 Å². The van der Waals surface area contributed by atoms with E-state index in [1.165, 1.54) is 12.1 Å². The zero-order valence-electron chi connectivity index (χ0n) is 11.6. The number of rotatable bonds is 4. The van der Waals surface area contributed by atoms with Crippen LogP contribution >= 0.6 is 47.2 Å². The highest BCUT2D eigenvalue weighted by Gasteiger charge is 2.20. The van der Waals surface area contributed by atoms with Crippen molar-refractivity contribution >= 4 is 64.6 Å². The van der Waals surface area contributed by atoms with Gasteiger partial charge in [-0.05, 0) is 30.3 Å². The molecular formula is C15H12Cl4N2O2. The summed E-state index contributed by atoms with van der Waals surface area (Å²) in [7, 11) is 0. The molecule has 0 fully saturated rings. The van der Waals surface area contributed by atoms with Gasteiger partial charge in [-0.3, -0.25) is 9.59 Å². The minimum absolute atomic E-state index is 0. The molecule has 0 unspecified atom stereocenters. The Morgan fingerprint density at radius 1 is 1.04 bits per heavy atom. The number of nitrogens with two attached hydrogens (primary N) is 1. The summed E-state index contributed by atoms with van der Waals surface area (Å²) in [6.07, 6.45) is 0. The summed E-state index contributed by atoms with van der Waals surface area (Å²) in [6, 6.07) is 9.27. The van der Waals surface area contributed by atoms with Crippen molar-refractivity contribution in [2.24, 2.45) is 5.73 Å². The standard InChI is InChI=1S/C15H11Cl3N2O2.ClH/c16-8-4-5-12(20-13(21)7-19)9(6-8)15(22)14-10(17)2-1-3-11(14)18;/h1-6H,7,19H2,(H,20,21);1H. The fraction of sp³-hybridized carbons (Fsp3) is 0.0667. The van der Waals surface area contributed by atoms with Crippen molar-refractivity contribution in [3.63, 3.8) is 0 Å². The van der Waals surface area contributed by atoms with E-state index >= 15 is 0 Å². The van der Waals surface area contributed by atoms with Gasteiger partial charge in [-0.25, -0.2) is 0 Å². The predicted molar refractivity (Wildman–Crippen MR) is 96.3 cm³/mol. The Morgan fingerprint density at radius 3 is 2.22 bits per heavy atom. The van der Waals surface area contributed by atoms with Crippen molar-refractivity contribution in [1.82, 2.24) is 0 Å². The minimum Gasteiger partial charge on any atom is -0.324 e. The van der Waals surface area contributed by atoms with Crippen molar-refractivity contribution in [3.05, 3.63) is 62.6 Å². The van der Waals surface area contributed by atoms with Crippen LogP contribution in [0.5, 0.6) is 0 Å². The van der Waals surface area contributed by atoms with Gasteiger partial charge in [0.25, 0.3) is 0 Å². The second kappa shape index (κ2) is 8.52. The number of halogens is 4. The molecule has 0 saturated heterocycles. The first-order valence-corrected chi connectivity index (χ1v) is 7.35. The SMILES string of the molecule is Cl.NCC(=O)Nc1ccc(Cl)cc1C(=O)c1c(Cl)cccc1Cl. The first-order chi connectivity index (χ1) is 10.4. The number of benzene rings is 2. The molecule has 8 heteroatoms. The molecule has 0 aliphatic carbocycles. The number of amides is 1. The van der Waals surface area contributed by atoms with Crippen LogP contribution in [0.4, 0.5) is 5.69 Å². The first-order valence-electron chi connectivity index (χ1n) is 6.22. The molecule has 0 radical (unpaired) electrons. The highest BCUT2D eigenvalue weighted by molar-refractivity contribution is 6.41. The minimum atomic E-state index is -0.439. The summed E-state index contributed by atoms with van der Waals surface area (Å²) < 4.78 is 0. The summed E-state index contributed by atoms with van der Waals surface area (Å²) in [4.78, 5) is 24.2. The van der Waals surface area contributed by atoms with Crippen LogP contribution in [0.15, 0.2) is 36.4 Å². The van der Waals surface area contributed by atoms with Crippen molar-refractivity contribution in [1.29, 1.82) is 0 Å². The molecule has 122 valence electrons. The summed E-state index contributed by atoms with van der Waals surface area (Å²) in [5.41, 5.74) is 5.90. The molecular weight excluding hydrogens is 382 g/mol. The molecule has 3 N–H and O–H groups in total. The number of anilines is 1. The molecule has 0 aromatic heterocycles. The number of ketones is 1. The van der Waals surface area contributed by atoms with Crippen molar-refractivity contribution in [2.75, 3.05) is 11.9 Å². The lowest BCUT2D eigenvalue weighted by Crippen LogP contribution is -2.23. The van der Waals surface area contributed by atoms with E-state index in [2.05, 4.69) is 5.32 Å². The number of carbonyl (C=O) groups is 2. The molecule has 0 bridgehead atoms. The predicted octanol–water partition coefficient (Wildman–Crippen LogP) is 4.20. The largest absolute Gasteiger partial charge is 0.324 e. The summed E-state index contributed by atoms with van der Waals surface area (Å²) in [5.74, 6) is -0.868. The molecule has 0 atom stereocenters. The van der Waals surface area contributed by atoms with E-state index in [1.807, 2.05) is 0 Å². The molecule has 0 heterocycles. The second-order valence-corrected chi connectivity index (χ2v) is 5.62. The Kier molecular flexibility index (Phi) is 7.32. The van der Waals surface area contributed by atoms with Crippen LogP contribution < -0.4 is 11.1 Å². The van der Waals surface area contributed by atoms with Crippen LogP contribution in [0, 0.1) is 0 Å². The highest BCUT2D eigenvalue weighted by Crippen LogP contribution is 2.30. The van der Waals surface area contributed by atoms with E-state index in [0.717, 1.165) is 0 Å². The Labute approximate surface area is 154 Å². The van der Waals surface area contributed by atoms with Gasteiger partial charge < -0.3 is 11.1 Å². The summed E-state index contributed by atoms with van der Waals surface area (Å²) in [5, 5.41) is 3.32. The molecule has 0 aliphatic rings. The van der Waals surface area contributed by atoms with E-state index in [1.54, 1.807) is 24.3 Å². The van der Waals surface area contributed by atoms with Gasteiger partial charge >= 0.3 is 0 Å². The average Bonchev–Trinajstić information content (AvgIpc) is 2.48. The smallest absolute Gasteiger partial charge is 0.238 e. The van der Waals surface area contributed by atoms with Gasteiger partial charge in [0.1, 0.15) is 0 Å². The van der Waals surface area contributed by atoms with Crippen LogP contribution in [-0.4, -0.2) is 18.2 Å². The van der Waals surface area contributed by atoms with Crippen LogP contribution in [0.2, 0.25) is 15.1 Å². The normalized spacial score (nSPS) is 9.91. The molecule has 0 spiro atoms. The molecule has 0 saturated carbocycles. The first kappa shape index (κ1) is 19.7. The van der Waals surface area contributed by atoms with Gasteiger partial charge in [0.05, 0.1) is 27.8 Å². The maximum absolute atomic E-state index is 12.7. The number of nitrogens with one attached hydrogen (secondary N) is 1. The lowest BCUT2D eigenvalue weighted by Gasteiger charge is -2.12. The zero-order chi connectivity index (χ0) is 16.3. The monoisotopic (exact) mass is 392 g/mol. The van der Waals surface area contributed by atoms with Crippen LogP contribution in [0.25, 0.3) is 0 Å². The van der Waals surface area contributed by atoms with Crippen LogP contribution in [0.3, 0.4) is 0 Å². The lowest BCUT2D eigenvalue weighted by molar-refractivity contribution is -0.114. The third-order valence-electron chi connectivity index (χ3n) is 2.88. The van der Waals surface area contributed by atoms with Gasteiger partial charge in [0, 0.05) is 10.6 Å². The number of hydrogen-bond donors (Lipinski definition) is 2. The van der Waals surface area contributed by atoms with Gasteiger partial charge in [-0.1, -0.05) is 40.9 Å². The van der Waals surface area contributed by atoms with Crippen molar-refractivity contribution < 1.29 is 9.59 Å². The quantitative estimate of drug-likeness (QED) is 0.764. The molecule has 4 nitrogen and oxygen atoms in total. The maximum Gasteiger partial charge on any atom is 0.238 e. The average molecular weight is 394 g/mol. The molecule has 2 aromatic rings. The summed E-state index contributed by atoms with van der Waals surface area (Å²) >= 11 is 18.1. The third-order valence-corrected chi connectivity index (χ3v) is 3.74. The van der Waals surface area contributed by atoms with E-state index in [-0.39, 0.29) is 40.1 Å². The Bertz CT molecular complexity index is 730. The highest BCUT2D eigenvalue weighted by atomic mass is 35.5. The van der Waals surface area contributed by atoms with Crippen molar-refractivity contribution in [3.8, 4) is 0 Å². The maximum atomic E-state index is 12.7. The van der Waals surface area contributed by atoms with Crippen molar-refractivity contribution in [2.45, 2.75) is 0 Å². The van der Waals surface area contributed by atoms with Gasteiger partial charge in [0.15, 0.2) is 5.78 Å². The van der Waals surface area contributed by atoms with Gasteiger partial charge in [-0.2, -0.15) is 0 Å². The Hall–Kier alpha value is -1.30. The summed E-state index contributed by atoms with van der Waals surface area (Å²) in [6.45, 7) is -0.205. The van der Waals surface area contributed by atoms with E-state index < -0.39 is 11.7 Å². The fourth-order valence-electron chi connectivity index (χ4n) is 1.86. The zero-order valence-corrected chi connectivity index (χ0v) is 14.7. The van der Waals surface area contributed by atoms with Crippen LogP contribution in [-0.2, 0) is 4.79 Å². The second-order valence-electron chi connectivity index (χ2n) is 4.37.